The summed E-state index contributed by atoms with van der Waals surface area (Å²) in [6.07, 6.45) is 0. The molecule has 0 radical (unpaired) electrons. The third kappa shape index (κ3) is 6.17. The molecule has 0 aliphatic rings. The molecule has 0 fully saturated rings. The van der Waals surface area contributed by atoms with Gasteiger partial charge in [0.2, 0.25) is 0 Å². The van der Waals surface area contributed by atoms with Crippen LogP contribution in [0.3, 0.4) is 0 Å². The van der Waals surface area contributed by atoms with Crippen molar-refractivity contribution in [1.29, 1.82) is 0 Å². The molecule has 26 heavy (non-hydrogen) atoms. The molecule has 140 valence electrons. The van der Waals surface area contributed by atoms with E-state index in [0.29, 0.717) is 36.1 Å². The molecule has 0 saturated heterocycles. The standard InChI is InChI=1S/C17H21N3O5S/c1-3-24-15-9-5-13(6-10-15)18-17(21)20-26(22,23)19-14-7-11-16(12-8-14)25-4-2/h5-12,19H,3-4H2,1-2H3,(H2,18,20,21). The number of hydrogen-bond donors (Lipinski definition) is 3. The monoisotopic (exact) mass is 379 g/mol. The Morgan fingerprint density at radius 1 is 0.846 bits per heavy atom. The molecule has 0 spiro atoms. The van der Waals surface area contributed by atoms with Gasteiger partial charge >= 0.3 is 16.2 Å². The second kappa shape index (κ2) is 8.95. The van der Waals surface area contributed by atoms with E-state index in [0.717, 1.165) is 0 Å². The van der Waals surface area contributed by atoms with Gasteiger partial charge in [-0.25, -0.2) is 9.52 Å². The lowest BCUT2D eigenvalue weighted by Gasteiger charge is -2.11. The zero-order chi connectivity index (χ0) is 19.0. The maximum absolute atomic E-state index is 12.0. The second-order valence-corrected chi connectivity index (χ2v) is 6.49. The molecule has 0 unspecified atom stereocenters. The van der Waals surface area contributed by atoms with E-state index in [2.05, 4.69) is 10.0 Å². The lowest BCUT2D eigenvalue weighted by molar-refractivity contribution is 0.256. The van der Waals surface area contributed by atoms with Gasteiger partial charge in [-0.1, -0.05) is 0 Å². The molecule has 0 heterocycles. The Morgan fingerprint density at radius 3 is 1.77 bits per heavy atom. The molecule has 3 N–H and O–H groups in total. The number of benzene rings is 2. The smallest absolute Gasteiger partial charge is 0.334 e. The summed E-state index contributed by atoms with van der Waals surface area (Å²) in [7, 11) is -4.07. The van der Waals surface area contributed by atoms with Gasteiger partial charge in [-0.3, -0.25) is 4.72 Å². The van der Waals surface area contributed by atoms with Crippen molar-refractivity contribution in [3.8, 4) is 11.5 Å². The van der Waals surface area contributed by atoms with E-state index in [4.69, 9.17) is 9.47 Å². The number of carbonyl (C=O) groups excluding carboxylic acids is 1. The molecule has 0 saturated carbocycles. The van der Waals surface area contributed by atoms with Crippen molar-refractivity contribution in [2.24, 2.45) is 0 Å². The van der Waals surface area contributed by atoms with E-state index >= 15 is 0 Å². The first-order valence-corrected chi connectivity index (χ1v) is 9.47. The average Bonchev–Trinajstić information content (AvgIpc) is 2.58. The van der Waals surface area contributed by atoms with Gasteiger partial charge in [0.05, 0.1) is 18.9 Å². The lowest BCUT2D eigenvalue weighted by atomic mass is 10.3. The van der Waals surface area contributed by atoms with Gasteiger partial charge in [0.15, 0.2) is 0 Å². The quantitative estimate of drug-likeness (QED) is 0.654. The first-order valence-electron chi connectivity index (χ1n) is 7.99. The fraction of sp³-hybridized carbons (Fsp3) is 0.235. The lowest BCUT2D eigenvalue weighted by Crippen LogP contribution is -2.38. The molecule has 9 heteroatoms. The highest BCUT2D eigenvalue weighted by Crippen LogP contribution is 2.17. The fourth-order valence-corrected chi connectivity index (χ4v) is 2.84. The normalized spacial score (nSPS) is 10.7. The number of rotatable bonds is 8. The van der Waals surface area contributed by atoms with Crippen molar-refractivity contribution in [2.75, 3.05) is 23.3 Å². The Kier molecular flexibility index (Phi) is 6.67. The molecule has 0 aromatic heterocycles. The van der Waals surface area contributed by atoms with Crippen LogP contribution in [0.5, 0.6) is 11.5 Å². The van der Waals surface area contributed by atoms with Crippen molar-refractivity contribution >= 4 is 27.6 Å². The molecule has 8 nitrogen and oxygen atoms in total. The number of urea groups is 1. The van der Waals surface area contributed by atoms with Gasteiger partial charge < -0.3 is 14.8 Å². The van der Waals surface area contributed by atoms with Gasteiger partial charge in [0, 0.05) is 5.69 Å². The summed E-state index contributed by atoms with van der Waals surface area (Å²) in [6.45, 7) is 4.76. The van der Waals surface area contributed by atoms with Gasteiger partial charge in [-0.05, 0) is 62.4 Å². The third-order valence-corrected chi connectivity index (χ3v) is 4.03. The molecule has 0 aliphatic heterocycles. The molecule has 0 atom stereocenters. The van der Waals surface area contributed by atoms with Crippen LogP contribution in [0.1, 0.15) is 13.8 Å². The van der Waals surface area contributed by atoms with E-state index in [1.165, 1.54) is 12.1 Å². The van der Waals surface area contributed by atoms with Gasteiger partial charge in [-0.2, -0.15) is 8.42 Å². The third-order valence-electron chi connectivity index (χ3n) is 3.07. The van der Waals surface area contributed by atoms with E-state index < -0.39 is 16.2 Å². The minimum atomic E-state index is -4.07. The highest BCUT2D eigenvalue weighted by Gasteiger charge is 2.14. The molecule has 2 aromatic carbocycles. The van der Waals surface area contributed by atoms with Gasteiger partial charge in [0.25, 0.3) is 0 Å². The molecule has 2 amide bonds. The number of amides is 2. The summed E-state index contributed by atoms with van der Waals surface area (Å²) in [6, 6.07) is 12.0. The molecule has 2 aromatic rings. The Hall–Kier alpha value is -2.94. The van der Waals surface area contributed by atoms with Crippen LogP contribution in [0.25, 0.3) is 0 Å². The minimum absolute atomic E-state index is 0.301. The SMILES string of the molecule is CCOc1ccc(NC(=O)NS(=O)(=O)Nc2ccc(OCC)cc2)cc1. The fourth-order valence-electron chi connectivity index (χ4n) is 2.05. The van der Waals surface area contributed by atoms with Crippen molar-refractivity contribution in [1.82, 2.24) is 4.72 Å². The number of ether oxygens (including phenoxy) is 2. The minimum Gasteiger partial charge on any atom is -0.494 e. The molecular weight excluding hydrogens is 358 g/mol. The number of hydrogen-bond acceptors (Lipinski definition) is 5. The van der Waals surface area contributed by atoms with Crippen LogP contribution in [0, 0.1) is 0 Å². The van der Waals surface area contributed by atoms with Crippen LogP contribution in [0.2, 0.25) is 0 Å². The predicted octanol–water partition coefficient (Wildman–Crippen LogP) is 2.96. The Bertz CT molecular complexity index is 820. The van der Waals surface area contributed by atoms with E-state index in [1.54, 1.807) is 36.4 Å². The highest BCUT2D eigenvalue weighted by molar-refractivity contribution is 7.91. The van der Waals surface area contributed by atoms with Crippen LogP contribution in [-0.4, -0.2) is 27.7 Å². The largest absolute Gasteiger partial charge is 0.494 e. The molecule has 0 bridgehead atoms. The van der Waals surface area contributed by atoms with E-state index in [9.17, 15) is 13.2 Å². The van der Waals surface area contributed by atoms with Crippen molar-refractivity contribution in [3.63, 3.8) is 0 Å². The topological polar surface area (TPSA) is 106 Å². The Balaban J connectivity index is 1.91. The zero-order valence-electron chi connectivity index (χ0n) is 14.5. The van der Waals surface area contributed by atoms with Crippen molar-refractivity contribution in [2.45, 2.75) is 13.8 Å². The summed E-state index contributed by atoms with van der Waals surface area (Å²) < 4.78 is 38.7. The maximum Gasteiger partial charge on any atom is 0.334 e. The summed E-state index contributed by atoms with van der Waals surface area (Å²) in [5.74, 6) is 1.28. The summed E-state index contributed by atoms with van der Waals surface area (Å²) in [5, 5.41) is 2.43. The van der Waals surface area contributed by atoms with Gasteiger partial charge in [-0.15, -0.1) is 0 Å². The number of anilines is 2. The molecule has 0 aliphatic carbocycles. The molecular formula is C17H21N3O5S. The average molecular weight is 379 g/mol. The van der Waals surface area contributed by atoms with Crippen LogP contribution < -0.4 is 24.2 Å². The highest BCUT2D eigenvalue weighted by atomic mass is 32.2. The first kappa shape index (κ1) is 19.4. The van der Waals surface area contributed by atoms with E-state index in [1.807, 2.05) is 18.6 Å². The maximum atomic E-state index is 12.0. The van der Waals surface area contributed by atoms with Crippen LogP contribution in [0.15, 0.2) is 48.5 Å². The van der Waals surface area contributed by atoms with Crippen molar-refractivity contribution in [3.05, 3.63) is 48.5 Å². The summed E-state index contributed by atoms with van der Waals surface area (Å²) >= 11 is 0. The van der Waals surface area contributed by atoms with E-state index in [-0.39, 0.29) is 0 Å². The number of carbonyl (C=O) groups is 1. The summed E-state index contributed by atoms with van der Waals surface area (Å²) in [4.78, 5) is 11.9. The zero-order valence-corrected chi connectivity index (χ0v) is 15.3. The molecule has 2 rings (SSSR count). The van der Waals surface area contributed by atoms with Gasteiger partial charge in [0.1, 0.15) is 11.5 Å². The predicted molar refractivity (Wildman–Crippen MR) is 99.9 cm³/mol. The Morgan fingerprint density at radius 2 is 1.31 bits per heavy atom. The first-order chi connectivity index (χ1) is 12.4. The van der Waals surface area contributed by atoms with Crippen molar-refractivity contribution < 1.29 is 22.7 Å². The van der Waals surface area contributed by atoms with Crippen LogP contribution >= 0.6 is 0 Å². The Labute approximate surface area is 152 Å². The number of nitrogens with one attached hydrogen (secondary N) is 3. The van der Waals surface area contributed by atoms with Crippen LogP contribution in [-0.2, 0) is 10.2 Å². The second-order valence-electron chi connectivity index (χ2n) is 5.08. The summed E-state index contributed by atoms with van der Waals surface area (Å²) in [5.41, 5.74) is 0.733. The van der Waals surface area contributed by atoms with Crippen LogP contribution in [0.4, 0.5) is 16.2 Å².